The van der Waals surface area contributed by atoms with Crippen molar-refractivity contribution in [3.8, 4) is 5.75 Å². The number of carboxylic acid groups (broad SMARTS) is 1. The van der Waals surface area contributed by atoms with Gasteiger partial charge in [-0.05, 0) is 29.8 Å². The van der Waals surface area contributed by atoms with Crippen molar-refractivity contribution >= 4 is 29.2 Å². The van der Waals surface area contributed by atoms with E-state index in [1.807, 2.05) is 0 Å². The highest BCUT2D eigenvalue weighted by Gasteiger charge is 2.43. The van der Waals surface area contributed by atoms with Crippen molar-refractivity contribution in [3.05, 3.63) is 75.0 Å². The first kappa shape index (κ1) is 20.0. The molecule has 0 aliphatic rings. The van der Waals surface area contributed by atoms with Crippen LogP contribution in [0.4, 0.5) is 8.78 Å². The van der Waals surface area contributed by atoms with Crippen molar-refractivity contribution in [1.29, 1.82) is 0 Å². The monoisotopic (exact) mass is 427 g/mol. The number of aromatic nitrogens is 3. The average molecular weight is 428 g/mol. The first-order valence-corrected chi connectivity index (χ1v) is 8.63. The Kier molecular flexibility index (Phi) is 5.53. The molecule has 0 spiro atoms. The van der Waals surface area contributed by atoms with Gasteiger partial charge in [0.25, 0.3) is 0 Å². The third kappa shape index (κ3) is 3.79. The zero-order valence-corrected chi connectivity index (χ0v) is 15.9. The molecule has 3 aromatic rings. The van der Waals surface area contributed by atoms with E-state index in [0.717, 1.165) is 16.8 Å². The van der Waals surface area contributed by atoms with Crippen LogP contribution in [0.15, 0.2) is 42.5 Å². The fourth-order valence-electron chi connectivity index (χ4n) is 2.58. The summed E-state index contributed by atoms with van der Waals surface area (Å²) in [6.45, 7) is -0.0594. The molecule has 3 rings (SSSR count). The van der Waals surface area contributed by atoms with E-state index in [0.29, 0.717) is 11.3 Å². The van der Waals surface area contributed by atoms with E-state index in [-0.39, 0.29) is 16.6 Å². The molecule has 28 heavy (non-hydrogen) atoms. The van der Waals surface area contributed by atoms with Gasteiger partial charge in [0.2, 0.25) is 0 Å². The molecule has 2 aromatic carbocycles. The number of methoxy groups -OCH3 is 1. The molecule has 0 saturated carbocycles. The zero-order valence-electron chi connectivity index (χ0n) is 14.4. The standard InChI is InChI=1S/C18H13Cl2F2N3O3/c1-28-12-5-2-10(3-6-12)9-25-15(17(26)27)16(23-24-25)18(21,22)11-4-7-13(19)14(20)8-11/h2-8H,9H2,1H3,(H,26,27). The number of nitrogens with zero attached hydrogens (tertiary/aromatic N) is 3. The van der Waals surface area contributed by atoms with E-state index in [4.69, 9.17) is 27.9 Å². The van der Waals surface area contributed by atoms with E-state index in [9.17, 15) is 18.7 Å². The van der Waals surface area contributed by atoms with Crippen LogP contribution in [0.1, 0.15) is 27.3 Å². The number of benzene rings is 2. The third-order valence-corrected chi connectivity index (χ3v) is 4.75. The first-order valence-electron chi connectivity index (χ1n) is 7.87. The van der Waals surface area contributed by atoms with E-state index in [1.54, 1.807) is 24.3 Å². The molecular weight excluding hydrogens is 415 g/mol. The molecule has 0 bridgehead atoms. The Labute approximate surface area is 168 Å². The molecule has 146 valence electrons. The van der Waals surface area contributed by atoms with Crippen LogP contribution in [0.25, 0.3) is 0 Å². The van der Waals surface area contributed by atoms with Gasteiger partial charge in [0.15, 0.2) is 11.4 Å². The number of halogens is 4. The molecule has 1 N–H and O–H groups in total. The summed E-state index contributed by atoms with van der Waals surface area (Å²) in [6.07, 6.45) is 0. The van der Waals surface area contributed by atoms with Crippen LogP contribution in [0.5, 0.6) is 5.75 Å². The highest BCUT2D eigenvalue weighted by atomic mass is 35.5. The van der Waals surface area contributed by atoms with E-state index < -0.39 is 28.8 Å². The van der Waals surface area contributed by atoms with Crippen molar-refractivity contribution in [2.75, 3.05) is 7.11 Å². The van der Waals surface area contributed by atoms with Gasteiger partial charge in [0.05, 0.1) is 23.7 Å². The lowest BCUT2D eigenvalue weighted by atomic mass is 10.0. The SMILES string of the molecule is COc1ccc(Cn2nnc(C(F)(F)c3ccc(Cl)c(Cl)c3)c2C(=O)O)cc1. The lowest BCUT2D eigenvalue weighted by Gasteiger charge is -2.16. The predicted octanol–water partition coefficient (Wildman–Crippen LogP) is 4.48. The second kappa shape index (κ2) is 7.73. The molecule has 0 aliphatic carbocycles. The lowest BCUT2D eigenvalue weighted by molar-refractivity contribution is 0.0344. The Balaban J connectivity index is 2.01. The van der Waals surface area contributed by atoms with Crippen LogP contribution >= 0.6 is 23.2 Å². The van der Waals surface area contributed by atoms with Crippen molar-refractivity contribution in [2.45, 2.75) is 12.5 Å². The zero-order chi connectivity index (χ0) is 20.5. The number of carbonyl (C=O) groups is 1. The van der Waals surface area contributed by atoms with Gasteiger partial charge < -0.3 is 9.84 Å². The van der Waals surface area contributed by atoms with Gasteiger partial charge in [-0.25, -0.2) is 9.48 Å². The lowest BCUT2D eigenvalue weighted by Crippen LogP contribution is -2.21. The summed E-state index contributed by atoms with van der Waals surface area (Å²) in [7, 11) is 1.51. The summed E-state index contributed by atoms with van der Waals surface area (Å²) in [5.41, 5.74) is -1.60. The number of ether oxygens (including phenoxy) is 1. The molecular formula is C18H13Cl2F2N3O3. The van der Waals surface area contributed by atoms with E-state index in [1.165, 1.54) is 13.2 Å². The first-order chi connectivity index (χ1) is 13.2. The van der Waals surface area contributed by atoms with Crippen molar-refractivity contribution < 1.29 is 23.4 Å². The molecule has 0 aliphatic heterocycles. The topological polar surface area (TPSA) is 77.2 Å². The molecule has 0 atom stereocenters. The Morgan fingerprint density at radius 3 is 2.43 bits per heavy atom. The summed E-state index contributed by atoms with van der Waals surface area (Å²) >= 11 is 11.6. The van der Waals surface area contributed by atoms with Gasteiger partial charge in [-0.1, -0.05) is 46.6 Å². The number of rotatable bonds is 6. The second-order valence-corrected chi connectivity index (χ2v) is 6.62. The minimum absolute atomic E-state index is 0.0594. The Morgan fingerprint density at radius 2 is 1.86 bits per heavy atom. The minimum atomic E-state index is -3.74. The van der Waals surface area contributed by atoms with Crippen LogP contribution in [0, 0.1) is 0 Å². The van der Waals surface area contributed by atoms with Gasteiger partial charge in [0.1, 0.15) is 5.75 Å². The maximum Gasteiger partial charge on any atom is 0.356 e. The largest absolute Gasteiger partial charge is 0.497 e. The number of carboxylic acids is 1. The van der Waals surface area contributed by atoms with Crippen LogP contribution in [-0.2, 0) is 12.5 Å². The third-order valence-electron chi connectivity index (χ3n) is 4.01. The van der Waals surface area contributed by atoms with E-state index in [2.05, 4.69) is 10.3 Å². The normalized spacial score (nSPS) is 11.5. The summed E-state index contributed by atoms with van der Waals surface area (Å²) in [5.74, 6) is -4.71. The second-order valence-electron chi connectivity index (χ2n) is 5.80. The number of aromatic carboxylic acids is 1. The predicted molar refractivity (Wildman–Crippen MR) is 98.5 cm³/mol. The maximum absolute atomic E-state index is 15.0. The van der Waals surface area contributed by atoms with Crippen molar-refractivity contribution in [1.82, 2.24) is 15.0 Å². The molecule has 6 nitrogen and oxygen atoms in total. The van der Waals surface area contributed by atoms with Gasteiger partial charge in [-0.3, -0.25) is 0 Å². The number of alkyl halides is 2. The summed E-state index contributed by atoms with van der Waals surface area (Å²) < 4.78 is 35.9. The van der Waals surface area contributed by atoms with Gasteiger partial charge in [-0.15, -0.1) is 5.10 Å². The van der Waals surface area contributed by atoms with Crippen LogP contribution in [0.2, 0.25) is 10.0 Å². The smallest absolute Gasteiger partial charge is 0.356 e. The molecule has 0 radical (unpaired) electrons. The fraction of sp³-hybridized carbons (Fsp3) is 0.167. The fourth-order valence-corrected chi connectivity index (χ4v) is 2.88. The van der Waals surface area contributed by atoms with Crippen LogP contribution < -0.4 is 4.74 Å². The van der Waals surface area contributed by atoms with Crippen molar-refractivity contribution in [3.63, 3.8) is 0 Å². The highest BCUT2D eigenvalue weighted by Crippen LogP contribution is 2.38. The van der Waals surface area contributed by atoms with Crippen LogP contribution in [-0.4, -0.2) is 33.2 Å². The Hall–Kier alpha value is -2.71. The van der Waals surface area contributed by atoms with Gasteiger partial charge in [0, 0.05) is 5.56 Å². The molecule has 1 heterocycles. The summed E-state index contributed by atoms with van der Waals surface area (Å²) in [6, 6.07) is 9.90. The van der Waals surface area contributed by atoms with Crippen molar-refractivity contribution in [2.24, 2.45) is 0 Å². The highest BCUT2D eigenvalue weighted by molar-refractivity contribution is 6.42. The average Bonchev–Trinajstić information content (AvgIpc) is 3.09. The number of hydrogen-bond donors (Lipinski definition) is 1. The molecule has 1 aromatic heterocycles. The Bertz CT molecular complexity index is 1020. The summed E-state index contributed by atoms with van der Waals surface area (Å²) in [5, 5.41) is 16.6. The quantitative estimate of drug-likeness (QED) is 0.627. The molecule has 0 unspecified atom stereocenters. The van der Waals surface area contributed by atoms with Gasteiger partial charge in [-0.2, -0.15) is 8.78 Å². The maximum atomic E-state index is 15.0. The molecule has 0 saturated heterocycles. The van der Waals surface area contributed by atoms with E-state index >= 15 is 0 Å². The molecule has 10 heteroatoms. The number of hydrogen-bond acceptors (Lipinski definition) is 4. The molecule has 0 amide bonds. The van der Waals surface area contributed by atoms with Crippen LogP contribution in [0.3, 0.4) is 0 Å². The molecule has 0 fully saturated rings. The van der Waals surface area contributed by atoms with Gasteiger partial charge >= 0.3 is 11.9 Å². The Morgan fingerprint density at radius 1 is 1.18 bits per heavy atom. The minimum Gasteiger partial charge on any atom is -0.497 e. The summed E-state index contributed by atoms with van der Waals surface area (Å²) in [4.78, 5) is 11.7.